The Bertz CT molecular complexity index is 1630. The number of nitrogens with one attached hydrogen (secondary N) is 2. The summed E-state index contributed by atoms with van der Waals surface area (Å²) < 4.78 is 1.61. The lowest BCUT2D eigenvalue weighted by atomic mass is 10.1. The van der Waals surface area contributed by atoms with Crippen molar-refractivity contribution in [3.63, 3.8) is 0 Å². The van der Waals surface area contributed by atoms with Gasteiger partial charge in [0.25, 0.3) is 5.62 Å². The van der Waals surface area contributed by atoms with Crippen molar-refractivity contribution in [2.45, 2.75) is 25.4 Å². The van der Waals surface area contributed by atoms with Crippen molar-refractivity contribution in [1.82, 2.24) is 34.4 Å². The summed E-state index contributed by atoms with van der Waals surface area (Å²) >= 11 is 0. The first kappa shape index (κ1) is 22.0. The number of benzene rings is 1. The highest BCUT2D eigenvalue weighted by atomic mass is 16.3. The van der Waals surface area contributed by atoms with Crippen LogP contribution in [0, 0.1) is 11.3 Å². The number of piperazine rings is 1. The largest absolute Gasteiger partial charge is 0.493 e. The number of imidazole rings is 1. The molecule has 6 rings (SSSR count). The second-order valence-electron chi connectivity index (χ2n) is 9.08. The second kappa shape index (κ2) is 8.94. The summed E-state index contributed by atoms with van der Waals surface area (Å²) in [4.78, 5) is 35.2. The highest BCUT2D eigenvalue weighted by molar-refractivity contribution is 5.57. The molecule has 1 saturated carbocycles. The zero-order valence-corrected chi connectivity index (χ0v) is 19.4. The molecule has 4 heterocycles. The Hall–Kier alpha value is -4.50. The Balaban J connectivity index is 1.29. The van der Waals surface area contributed by atoms with Gasteiger partial charge in [0.05, 0.1) is 23.9 Å². The smallest absolute Gasteiger partial charge is 0.326 e. The van der Waals surface area contributed by atoms with E-state index in [0.717, 1.165) is 45.6 Å². The van der Waals surface area contributed by atoms with Crippen molar-refractivity contribution in [2.24, 2.45) is 4.99 Å². The van der Waals surface area contributed by atoms with E-state index >= 15 is 0 Å². The predicted molar refractivity (Wildman–Crippen MR) is 130 cm³/mol. The number of aromatic amines is 2. The predicted octanol–water partition coefficient (Wildman–Crippen LogP) is -0.349. The van der Waals surface area contributed by atoms with Crippen molar-refractivity contribution in [3.8, 4) is 11.9 Å². The second-order valence-corrected chi connectivity index (χ2v) is 9.08. The van der Waals surface area contributed by atoms with Crippen LogP contribution in [0.25, 0.3) is 11.7 Å². The number of H-pyrrole nitrogens is 2. The highest BCUT2D eigenvalue weighted by Gasteiger charge is 2.23. The van der Waals surface area contributed by atoms with Gasteiger partial charge >= 0.3 is 5.69 Å². The number of hydrogen-bond donors (Lipinski definition) is 3. The molecular weight excluding hydrogens is 460 g/mol. The summed E-state index contributed by atoms with van der Waals surface area (Å²) in [6, 6.07) is 10.1. The average Bonchev–Trinajstić information content (AvgIpc) is 3.52. The molecule has 0 unspecified atom stereocenters. The molecule has 1 aliphatic heterocycles. The molecule has 182 valence electrons. The van der Waals surface area contributed by atoms with Crippen LogP contribution in [0.5, 0.6) is 5.88 Å². The quantitative estimate of drug-likeness (QED) is 0.347. The van der Waals surface area contributed by atoms with Gasteiger partial charge < -0.3 is 15.0 Å². The highest BCUT2D eigenvalue weighted by Crippen LogP contribution is 2.22. The van der Waals surface area contributed by atoms with Gasteiger partial charge in [0.15, 0.2) is 5.65 Å². The van der Waals surface area contributed by atoms with Crippen molar-refractivity contribution in [1.29, 1.82) is 5.26 Å². The molecule has 0 amide bonds. The number of fused-ring (bicyclic) bond motifs is 1. The fraction of sp³-hybridized carbons (Fsp3) is 0.333. The van der Waals surface area contributed by atoms with Gasteiger partial charge in [-0.1, -0.05) is 12.1 Å². The van der Waals surface area contributed by atoms with E-state index in [1.165, 1.54) is 5.56 Å². The van der Waals surface area contributed by atoms with E-state index in [-0.39, 0.29) is 17.6 Å². The summed E-state index contributed by atoms with van der Waals surface area (Å²) in [6.07, 6.45) is 5.32. The number of anilines is 1. The number of hydrogen-bond acceptors (Lipinski definition) is 9. The third kappa shape index (κ3) is 4.44. The molecule has 2 fully saturated rings. The molecule has 1 aliphatic carbocycles. The number of nitriles is 1. The van der Waals surface area contributed by atoms with Gasteiger partial charge in [0, 0.05) is 37.9 Å². The normalized spacial score (nSPS) is 17.7. The first-order chi connectivity index (χ1) is 17.6. The van der Waals surface area contributed by atoms with Crippen LogP contribution in [0.2, 0.25) is 0 Å². The van der Waals surface area contributed by atoms with Crippen LogP contribution in [0.4, 0.5) is 5.95 Å². The van der Waals surface area contributed by atoms with E-state index in [0.29, 0.717) is 28.0 Å². The molecule has 0 radical (unpaired) electrons. The summed E-state index contributed by atoms with van der Waals surface area (Å²) in [5, 5.41) is 24.0. The molecule has 36 heavy (non-hydrogen) atoms. The molecule has 3 aromatic heterocycles. The van der Waals surface area contributed by atoms with Crippen LogP contribution >= 0.6 is 0 Å². The zero-order valence-electron chi connectivity index (χ0n) is 19.4. The maximum atomic E-state index is 11.5. The fourth-order valence-corrected chi connectivity index (χ4v) is 4.26. The van der Waals surface area contributed by atoms with E-state index in [1.54, 1.807) is 16.8 Å². The summed E-state index contributed by atoms with van der Waals surface area (Å²) in [5.74, 6) is 0.344. The molecule has 0 atom stereocenters. The molecule has 2 aliphatic rings. The van der Waals surface area contributed by atoms with Crippen LogP contribution in [0.1, 0.15) is 29.7 Å². The summed E-state index contributed by atoms with van der Waals surface area (Å²) in [6.45, 7) is 4.03. The van der Waals surface area contributed by atoms with E-state index in [9.17, 15) is 9.90 Å². The Kier molecular flexibility index (Phi) is 5.46. The van der Waals surface area contributed by atoms with Gasteiger partial charge in [0.2, 0.25) is 11.8 Å². The number of aromatic nitrogens is 6. The first-order valence-electron chi connectivity index (χ1n) is 11.8. The summed E-state index contributed by atoms with van der Waals surface area (Å²) in [7, 11) is 0. The van der Waals surface area contributed by atoms with Gasteiger partial charge in [-0.25, -0.2) is 9.79 Å². The third-order valence-corrected chi connectivity index (χ3v) is 6.39. The molecule has 1 saturated heterocycles. The maximum Gasteiger partial charge on any atom is 0.326 e. The molecule has 12 heteroatoms. The van der Waals surface area contributed by atoms with Crippen molar-refractivity contribution in [2.75, 3.05) is 31.1 Å². The number of nitrogens with zero attached hydrogens (tertiary/aromatic N) is 8. The van der Waals surface area contributed by atoms with Gasteiger partial charge in [-0.05, 0) is 36.6 Å². The molecule has 0 bridgehead atoms. The lowest BCUT2D eigenvalue weighted by Gasteiger charge is -2.34. The topological polar surface area (TPSA) is 155 Å². The lowest BCUT2D eigenvalue weighted by molar-refractivity contribution is 0.248. The van der Waals surface area contributed by atoms with Crippen LogP contribution in [-0.4, -0.2) is 71.8 Å². The first-order valence-corrected chi connectivity index (χ1v) is 11.8. The van der Waals surface area contributed by atoms with Gasteiger partial charge in [-0.15, -0.1) is 0 Å². The number of aromatic hydroxyl groups is 1. The summed E-state index contributed by atoms with van der Waals surface area (Å²) in [5.41, 5.74) is 2.67. The minimum absolute atomic E-state index is 0.241. The van der Waals surface area contributed by atoms with Crippen molar-refractivity contribution < 1.29 is 5.11 Å². The minimum atomic E-state index is -0.492. The molecule has 0 spiro atoms. The van der Waals surface area contributed by atoms with E-state index in [2.05, 4.69) is 30.9 Å². The Morgan fingerprint density at radius 3 is 2.58 bits per heavy atom. The minimum Gasteiger partial charge on any atom is -0.493 e. The average molecular weight is 485 g/mol. The third-order valence-electron chi connectivity index (χ3n) is 6.39. The fourth-order valence-electron chi connectivity index (χ4n) is 4.26. The molecule has 1 aromatic carbocycles. The molecule has 3 N–H and O–H groups in total. The van der Waals surface area contributed by atoms with Crippen LogP contribution in [0.3, 0.4) is 0 Å². The van der Waals surface area contributed by atoms with Gasteiger partial charge in [-0.3, -0.25) is 9.88 Å². The van der Waals surface area contributed by atoms with Crippen LogP contribution in [-0.2, 0) is 6.54 Å². The Labute approximate surface area is 204 Å². The van der Waals surface area contributed by atoms with Crippen molar-refractivity contribution in [3.05, 3.63) is 68.6 Å². The Morgan fingerprint density at radius 1 is 1.14 bits per heavy atom. The van der Waals surface area contributed by atoms with Gasteiger partial charge in [0.1, 0.15) is 5.69 Å². The van der Waals surface area contributed by atoms with E-state index in [1.807, 2.05) is 24.3 Å². The number of rotatable bonds is 5. The van der Waals surface area contributed by atoms with Crippen LogP contribution < -0.4 is 21.4 Å². The molecule has 4 aromatic rings. The molecule has 12 nitrogen and oxygen atoms in total. The standard InChI is InChI=1S/C24H24N10O2/c25-12-15-1-3-16(4-2-15)14-32-7-9-33(10-8-32)22-29-20-17(11-19-21(35)30-24(36)28-19)13-26-34(20)23(31-22)27-18-5-6-18/h1-4,11,13,18,35H,5-10,14H2,(H2,28,30,36). The molecular formula is C24H24N10O2. The van der Waals surface area contributed by atoms with Crippen molar-refractivity contribution >= 4 is 17.7 Å². The maximum absolute atomic E-state index is 11.5. The van der Waals surface area contributed by atoms with Crippen LogP contribution in [0.15, 0.2) is 40.2 Å². The lowest BCUT2D eigenvalue weighted by Crippen LogP contribution is -2.47. The van der Waals surface area contributed by atoms with E-state index < -0.39 is 5.69 Å². The van der Waals surface area contributed by atoms with E-state index in [4.69, 9.17) is 20.2 Å². The zero-order chi connectivity index (χ0) is 24.6. The Morgan fingerprint density at radius 2 is 1.92 bits per heavy atom. The SMILES string of the molecule is N#Cc1ccc(CN2CCN(c3nc(=NC4CC4)n4ncc(=Cc5[nH]c(=O)[nH]c5O)c4n3)CC2)cc1. The van der Waals surface area contributed by atoms with Gasteiger partial charge in [-0.2, -0.15) is 24.8 Å². The monoisotopic (exact) mass is 484 g/mol.